The minimum atomic E-state index is -3.81. The summed E-state index contributed by atoms with van der Waals surface area (Å²) in [5.41, 5.74) is 0.837. The molecule has 1 N–H and O–H groups in total. The third-order valence-electron chi connectivity index (χ3n) is 3.27. The zero-order valence-electron chi connectivity index (χ0n) is 15.1. The molecule has 0 aliphatic rings. The molecule has 2 aromatic rings. The molecular weight excluding hydrogens is 353 g/mol. The molecule has 140 valence electrons. The van der Waals surface area contributed by atoms with Crippen LogP contribution in [0.5, 0.6) is 5.75 Å². The molecule has 0 aromatic heterocycles. The molecule has 0 saturated heterocycles. The number of rotatable bonds is 9. The van der Waals surface area contributed by atoms with Gasteiger partial charge in [-0.2, -0.15) is 5.09 Å². The van der Waals surface area contributed by atoms with Crippen molar-refractivity contribution in [1.29, 1.82) is 0 Å². The SMILES string of the molecule is CC(C)OC(=O)C(C)NP(=O)(OCc1ccccc1)Oc1ccccc1. The van der Waals surface area contributed by atoms with Crippen molar-refractivity contribution in [3.63, 3.8) is 0 Å². The Morgan fingerprint density at radius 3 is 2.15 bits per heavy atom. The highest BCUT2D eigenvalue weighted by atomic mass is 31.2. The first kappa shape index (κ1) is 20.2. The number of carbonyl (C=O) groups is 1. The van der Waals surface area contributed by atoms with Crippen molar-refractivity contribution in [3.05, 3.63) is 66.2 Å². The second-order valence-electron chi connectivity index (χ2n) is 6.00. The number of benzene rings is 2. The summed E-state index contributed by atoms with van der Waals surface area (Å²) in [5, 5.41) is 2.65. The lowest BCUT2D eigenvalue weighted by atomic mass is 10.2. The van der Waals surface area contributed by atoms with Gasteiger partial charge in [0.15, 0.2) is 0 Å². The largest absolute Gasteiger partial charge is 0.462 e. The predicted molar refractivity (Wildman–Crippen MR) is 99.7 cm³/mol. The highest BCUT2D eigenvalue weighted by Gasteiger charge is 2.32. The van der Waals surface area contributed by atoms with Gasteiger partial charge in [0.1, 0.15) is 11.8 Å². The summed E-state index contributed by atoms with van der Waals surface area (Å²) in [6.45, 7) is 5.12. The maximum atomic E-state index is 13.2. The smallest absolute Gasteiger partial charge is 0.459 e. The normalized spacial score (nSPS) is 14.5. The van der Waals surface area contributed by atoms with Crippen molar-refractivity contribution in [2.45, 2.75) is 39.5 Å². The van der Waals surface area contributed by atoms with Crippen LogP contribution in [0.1, 0.15) is 26.3 Å². The van der Waals surface area contributed by atoms with E-state index in [-0.39, 0.29) is 12.7 Å². The molecule has 2 aromatic carbocycles. The van der Waals surface area contributed by atoms with E-state index in [1.165, 1.54) is 0 Å². The quantitative estimate of drug-likeness (QED) is 0.518. The van der Waals surface area contributed by atoms with Crippen LogP contribution in [0.3, 0.4) is 0 Å². The second-order valence-corrected chi connectivity index (χ2v) is 7.69. The van der Waals surface area contributed by atoms with Crippen molar-refractivity contribution < 1.29 is 23.1 Å². The summed E-state index contributed by atoms with van der Waals surface area (Å²) in [7, 11) is -3.81. The number of para-hydroxylation sites is 1. The Balaban J connectivity index is 2.12. The molecule has 0 spiro atoms. The van der Waals surface area contributed by atoms with Crippen molar-refractivity contribution in [3.8, 4) is 5.75 Å². The molecule has 7 heteroatoms. The maximum Gasteiger partial charge on any atom is 0.459 e. The van der Waals surface area contributed by atoms with Gasteiger partial charge in [-0.1, -0.05) is 48.5 Å². The molecule has 0 heterocycles. The van der Waals surface area contributed by atoms with Gasteiger partial charge in [0.25, 0.3) is 0 Å². The first-order chi connectivity index (χ1) is 12.4. The lowest BCUT2D eigenvalue weighted by Crippen LogP contribution is -2.36. The van der Waals surface area contributed by atoms with Gasteiger partial charge in [-0.3, -0.25) is 9.32 Å². The zero-order valence-corrected chi connectivity index (χ0v) is 16.0. The van der Waals surface area contributed by atoms with Gasteiger partial charge in [-0.25, -0.2) is 4.57 Å². The van der Waals surface area contributed by atoms with Gasteiger partial charge < -0.3 is 9.26 Å². The van der Waals surface area contributed by atoms with Crippen LogP contribution in [0.25, 0.3) is 0 Å². The van der Waals surface area contributed by atoms with Crippen LogP contribution in [0.4, 0.5) is 0 Å². The molecule has 2 rings (SSSR count). The van der Waals surface area contributed by atoms with Gasteiger partial charge in [0, 0.05) is 0 Å². The highest BCUT2D eigenvalue weighted by molar-refractivity contribution is 7.52. The Hall–Kier alpha value is -2.14. The summed E-state index contributed by atoms with van der Waals surface area (Å²) in [6.07, 6.45) is -0.272. The van der Waals surface area contributed by atoms with Crippen LogP contribution in [-0.2, 0) is 25.2 Å². The first-order valence-electron chi connectivity index (χ1n) is 8.39. The van der Waals surface area contributed by atoms with E-state index in [4.69, 9.17) is 13.8 Å². The van der Waals surface area contributed by atoms with E-state index in [9.17, 15) is 9.36 Å². The number of ether oxygens (including phenoxy) is 1. The molecule has 6 nitrogen and oxygen atoms in total. The monoisotopic (exact) mass is 377 g/mol. The summed E-state index contributed by atoms with van der Waals surface area (Å²) in [5.74, 6) is -0.152. The Morgan fingerprint density at radius 1 is 1.00 bits per heavy atom. The summed E-state index contributed by atoms with van der Waals surface area (Å²) >= 11 is 0. The Morgan fingerprint density at radius 2 is 1.58 bits per heavy atom. The van der Waals surface area contributed by atoms with E-state index in [0.29, 0.717) is 5.75 Å². The summed E-state index contributed by atoms with van der Waals surface area (Å²) < 4.78 is 29.5. The van der Waals surface area contributed by atoms with E-state index in [1.807, 2.05) is 36.4 Å². The number of nitrogens with one attached hydrogen (secondary N) is 1. The lowest BCUT2D eigenvalue weighted by Gasteiger charge is -2.23. The van der Waals surface area contributed by atoms with Crippen molar-refractivity contribution in [2.75, 3.05) is 0 Å². The van der Waals surface area contributed by atoms with Crippen LogP contribution in [0.2, 0.25) is 0 Å². The highest BCUT2D eigenvalue weighted by Crippen LogP contribution is 2.45. The fraction of sp³-hybridized carbons (Fsp3) is 0.316. The van der Waals surface area contributed by atoms with E-state index in [1.54, 1.807) is 45.0 Å². The Kier molecular flexibility index (Phi) is 7.39. The van der Waals surface area contributed by atoms with Gasteiger partial charge in [-0.05, 0) is 38.5 Å². The Bertz CT molecular complexity index is 736. The number of hydrogen-bond acceptors (Lipinski definition) is 5. The lowest BCUT2D eigenvalue weighted by molar-refractivity contribution is -0.149. The summed E-state index contributed by atoms with van der Waals surface area (Å²) in [6, 6.07) is 17.1. The molecular formula is C19H24NO5P. The summed E-state index contributed by atoms with van der Waals surface area (Å²) in [4.78, 5) is 12.0. The third-order valence-corrected chi connectivity index (χ3v) is 4.89. The van der Waals surface area contributed by atoms with Crippen LogP contribution >= 0.6 is 7.75 Å². The van der Waals surface area contributed by atoms with Crippen molar-refractivity contribution in [2.24, 2.45) is 0 Å². The van der Waals surface area contributed by atoms with E-state index in [0.717, 1.165) is 5.56 Å². The molecule has 0 saturated carbocycles. The van der Waals surface area contributed by atoms with Crippen LogP contribution in [0.15, 0.2) is 60.7 Å². The minimum absolute atomic E-state index is 0.0733. The predicted octanol–water partition coefficient (Wildman–Crippen LogP) is 4.32. The fourth-order valence-electron chi connectivity index (χ4n) is 2.07. The fourth-order valence-corrected chi connectivity index (χ4v) is 3.55. The standard InChI is InChI=1S/C19H24NO5P/c1-15(2)24-19(21)16(3)20-26(22,25-18-12-8-5-9-13-18)23-14-17-10-6-4-7-11-17/h4-13,15-16H,14H2,1-3H3,(H,20,22). The molecule has 0 amide bonds. The second kappa shape index (κ2) is 9.53. The van der Waals surface area contributed by atoms with Gasteiger partial charge in [-0.15, -0.1) is 0 Å². The number of esters is 1. The average molecular weight is 377 g/mol. The van der Waals surface area contributed by atoms with Crippen molar-refractivity contribution >= 4 is 13.7 Å². The molecule has 2 unspecified atom stereocenters. The third kappa shape index (κ3) is 6.64. The molecule has 0 aliphatic heterocycles. The number of hydrogen-bond donors (Lipinski definition) is 1. The zero-order chi connectivity index (χ0) is 19.0. The minimum Gasteiger partial charge on any atom is -0.462 e. The molecule has 26 heavy (non-hydrogen) atoms. The van der Waals surface area contributed by atoms with Gasteiger partial charge in [0.2, 0.25) is 0 Å². The van der Waals surface area contributed by atoms with Crippen molar-refractivity contribution in [1.82, 2.24) is 5.09 Å². The first-order valence-corrected chi connectivity index (χ1v) is 9.94. The topological polar surface area (TPSA) is 73.9 Å². The van der Waals surface area contributed by atoms with E-state index < -0.39 is 19.8 Å². The van der Waals surface area contributed by atoms with Crippen LogP contribution in [0, 0.1) is 0 Å². The molecule has 2 atom stereocenters. The molecule has 0 fully saturated rings. The van der Waals surface area contributed by atoms with Crippen LogP contribution in [-0.4, -0.2) is 18.1 Å². The molecule has 0 aliphatic carbocycles. The van der Waals surface area contributed by atoms with E-state index in [2.05, 4.69) is 5.09 Å². The number of carbonyl (C=O) groups excluding carboxylic acids is 1. The maximum absolute atomic E-state index is 13.2. The molecule has 0 bridgehead atoms. The van der Waals surface area contributed by atoms with E-state index >= 15 is 0 Å². The van der Waals surface area contributed by atoms with Crippen LogP contribution < -0.4 is 9.61 Å². The average Bonchev–Trinajstić information content (AvgIpc) is 2.61. The Labute approximate surface area is 154 Å². The van der Waals surface area contributed by atoms with Gasteiger partial charge >= 0.3 is 13.7 Å². The molecule has 0 radical (unpaired) electrons. The van der Waals surface area contributed by atoms with Gasteiger partial charge in [0.05, 0.1) is 12.7 Å².